The second kappa shape index (κ2) is 3.89. The van der Waals surface area contributed by atoms with Crippen LogP contribution in [0.25, 0.3) is 0 Å². The highest BCUT2D eigenvalue weighted by Crippen LogP contribution is 2.12. The smallest absolute Gasteiger partial charge is 0.239 e. The van der Waals surface area contributed by atoms with Crippen molar-refractivity contribution < 1.29 is 4.79 Å². The van der Waals surface area contributed by atoms with E-state index in [2.05, 4.69) is 4.98 Å². The molecular formula is C9H13N3O. The maximum absolute atomic E-state index is 10.9. The first-order chi connectivity index (χ1) is 6.13. The molecule has 4 nitrogen and oxygen atoms in total. The average molecular weight is 179 g/mol. The quantitative estimate of drug-likeness (QED) is 0.730. The molecular weight excluding hydrogens is 166 g/mol. The summed E-state index contributed by atoms with van der Waals surface area (Å²) < 4.78 is 0. The first kappa shape index (κ1) is 9.51. The summed E-state index contributed by atoms with van der Waals surface area (Å²) in [7, 11) is 1.82. The summed E-state index contributed by atoms with van der Waals surface area (Å²) in [5.74, 6) is -0.334. The number of amides is 1. The van der Waals surface area contributed by atoms with E-state index in [4.69, 9.17) is 5.73 Å². The zero-order valence-electron chi connectivity index (χ0n) is 7.77. The molecule has 0 fully saturated rings. The van der Waals surface area contributed by atoms with Gasteiger partial charge in [0.1, 0.15) is 6.04 Å². The average Bonchev–Trinajstić information content (AvgIpc) is 2.17. The highest BCUT2D eigenvalue weighted by molar-refractivity contribution is 5.82. The van der Waals surface area contributed by atoms with Crippen LogP contribution in [0.2, 0.25) is 0 Å². The van der Waals surface area contributed by atoms with Gasteiger partial charge in [-0.05, 0) is 19.1 Å². The molecule has 0 aliphatic rings. The van der Waals surface area contributed by atoms with Crippen molar-refractivity contribution in [2.45, 2.75) is 13.0 Å². The summed E-state index contributed by atoms with van der Waals surface area (Å²) in [6.45, 7) is 1.77. The van der Waals surface area contributed by atoms with Gasteiger partial charge in [-0.15, -0.1) is 0 Å². The number of likely N-dealkylation sites (N-methyl/N-ethyl adjacent to an activating group) is 1. The summed E-state index contributed by atoms with van der Waals surface area (Å²) in [6.07, 6.45) is 3.36. The molecule has 2 N–H and O–H groups in total. The number of pyridine rings is 1. The van der Waals surface area contributed by atoms with Gasteiger partial charge >= 0.3 is 0 Å². The summed E-state index contributed by atoms with van der Waals surface area (Å²) in [4.78, 5) is 16.6. The third-order valence-electron chi connectivity index (χ3n) is 2.06. The second-order valence-electron chi connectivity index (χ2n) is 2.89. The van der Waals surface area contributed by atoms with Crippen molar-refractivity contribution in [3.63, 3.8) is 0 Å². The van der Waals surface area contributed by atoms with Crippen LogP contribution in [0, 0.1) is 0 Å². The second-order valence-corrected chi connectivity index (χ2v) is 2.89. The van der Waals surface area contributed by atoms with Crippen molar-refractivity contribution in [3.05, 3.63) is 24.5 Å². The predicted molar refractivity (Wildman–Crippen MR) is 51.3 cm³/mol. The lowest BCUT2D eigenvalue weighted by atomic mass is 10.2. The van der Waals surface area contributed by atoms with Crippen LogP contribution < -0.4 is 10.6 Å². The Hall–Kier alpha value is -1.58. The van der Waals surface area contributed by atoms with Crippen LogP contribution in [0.1, 0.15) is 6.92 Å². The van der Waals surface area contributed by atoms with Crippen LogP contribution in [0.3, 0.4) is 0 Å². The number of carbonyl (C=O) groups excluding carboxylic acids is 1. The van der Waals surface area contributed by atoms with Crippen molar-refractivity contribution in [1.82, 2.24) is 4.98 Å². The Morgan fingerprint density at radius 2 is 2.08 bits per heavy atom. The van der Waals surface area contributed by atoms with Gasteiger partial charge in [-0.2, -0.15) is 0 Å². The number of anilines is 1. The Bertz CT molecular complexity index is 286. The molecule has 1 atom stereocenters. The molecule has 1 rings (SSSR count). The summed E-state index contributed by atoms with van der Waals surface area (Å²) >= 11 is 0. The third-order valence-corrected chi connectivity index (χ3v) is 2.06. The summed E-state index contributed by atoms with van der Waals surface area (Å²) in [6, 6.07) is 3.36. The topological polar surface area (TPSA) is 59.2 Å². The van der Waals surface area contributed by atoms with E-state index in [9.17, 15) is 4.79 Å². The van der Waals surface area contributed by atoms with Gasteiger partial charge in [-0.25, -0.2) is 0 Å². The van der Waals surface area contributed by atoms with Gasteiger partial charge < -0.3 is 10.6 Å². The number of nitrogens with zero attached hydrogens (tertiary/aromatic N) is 2. The predicted octanol–water partition coefficient (Wildman–Crippen LogP) is 0.392. The molecule has 70 valence electrons. The molecule has 0 aliphatic heterocycles. The van der Waals surface area contributed by atoms with E-state index in [1.165, 1.54) is 0 Å². The van der Waals surface area contributed by atoms with Crippen LogP contribution in [-0.2, 0) is 4.79 Å². The number of primary amides is 1. The normalized spacial score (nSPS) is 12.2. The fourth-order valence-electron chi connectivity index (χ4n) is 0.994. The van der Waals surface area contributed by atoms with E-state index >= 15 is 0 Å². The van der Waals surface area contributed by atoms with Crippen LogP contribution in [-0.4, -0.2) is 24.0 Å². The molecule has 0 aliphatic carbocycles. The monoisotopic (exact) mass is 179 g/mol. The Balaban J connectivity index is 2.79. The molecule has 1 aromatic heterocycles. The Morgan fingerprint density at radius 3 is 2.54 bits per heavy atom. The van der Waals surface area contributed by atoms with Crippen LogP contribution in [0.15, 0.2) is 24.5 Å². The van der Waals surface area contributed by atoms with Gasteiger partial charge in [0.2, 0.25) is 5.91 Å². The summed E-state index contributed by atoms with van der Waals surface area (Å²) in [5.41, 5.74) is 6.11. The molecule has 1 amide bonds. The first-order valence-corrected chi connectivity index (χ1v) is 4.05. The molecule has 1 heterocycles. The minimum atomic E-state index is -0.334. The van der Waals surface area contributed by atoms with Crippen molar-refractivity contribution in [1.29, 1.82) is 0 Å². The molecule has 0 radical (unpaired) electrons. The minimum absolute atomic E-state index is 0.303. The van der Waals surface area contributed by atoms with Gasteiger partial charge in [0.25, 0.3) is 0 Å². The van der Waals surface area contributed by atoms with Crippen molar-refractivity contribution in [2.24, 2.45) is 5.73 Å². The molecule has 0 saturated heterocycles. The molecule has 4 heteroatoms. The van der Waals surface area contributed by atoms with Crippen LogP contribution in [0.4, 0.5) is 5.69 Å². The number of hydrogen-bond donors (Lipinski definition) is 1. The first-order valence-electron chi connectivity index (χ1n) is 4.05. The van der Waals surface area contributed by atoms with Gasteiger partial charge in [0, 0.05) is 25.1 Å². The zero-order valence-corrected chi connectivity index (χ0v) is 7.77. The Kier molecular flexibility index (Phi) is 2.84. The van der Waals surface area contributed by atoms with Crippen LogP contribution >= 0.6 is 0 Å². The SMILES string of the molecule is CC(C(N)=O)N(C)c1ccncc1. The maximum atomic E-state index is 10.9. The number of hydrogen-bond acceptors (Lipinski definition) is 3. The number of aromatic nitrogens is 1. The van der Waals surface area contributed by atoms with E-state index < -0.39 is 0 Å². The molecule has 0 saturated carbocycles. The number of carbonyl (C=O) groups is 1. The molecule has 0 aromatic carbocycles. The lowest BCUT2D eigenvalue weighted by Crippen LogP contribution is -2.40. The standard InChI is InChI=1S/C9H13N3O/c1-7(9(10)13)12(2)8-3-5-11-6-4-8/h3-7H,1-2H3,(H2,10,13). The van der Waals surface area contributed by atoms with E-state index in [0.717, 1.165) is 5.69 Å². The Morgan fingerprint density at radius 1 is 1.54 bits per heavy atom. The molecule has 0 bridgehead atoms. The van der Waals surface area contributed by atoms with E-state index in [1.54, 1.807) is 19.3 Å². The van der Waals surface area contributed by atoms with Crippen molar-refractivity contribution in [2.75, 3.05) is 11.9 Å². The fraction of sp³-hybridized carbons (Fsp3) is 0.333. The van der Waals surface area contributed by atoms with E-state index in [1.807, 2.05) is 24.1 Å². The largest absolute Gasteiger partial charge is 0.368 e. The summed E-state index contributed by atoms with van der Waals surface area (Å²) in [5, 5.41) is 0. The number of rotatable bonds is 3. The zero-order chi connectivity index (χ0) is 9.84. The molecule has 13 heavy (non-hydrogen) atoms. The van der Waals surface area contributed by atoms with Gasteiger partial charge in [0.15, 0.2) is 0 Å². The van der Waals surface area contributed by atoms with Crippen molar-refractivity contribution in [3.8, 4) is 0 Å². The van der Waals surface area contributed by atoms with Crippen LogP contribution in [0.5, 0.6) is 0 Å². The lowest BCUT2D eigenvalue weighted by Gasteiger charge is -2.23. The maximum Gasteiger partial charge on any atom is 0.239 e. The Labute approximate surface area is 77.4 Å². The van der Waals surface area contributed by atoms with Gasteiger partial charge in [-0.1, -0.05) is 0 Å². The third kappa shape index (κ3) is 2.18. The molecule has 0 spiro atoms. The molecule has 1 unspecified atom stereocenters. The highest BCUT2D eigenvalue weighted by atomic mass is 16.1. The fourth-order valence-corrected chi connectivity index (χ4v) is 0.994. The lowest BCUT2D eigenvalue weighted by molar-refractivity contribution is -0.118. The van der Waals surface area contributed by atoms with E-state index in [-0.39, 0.29) is 11.9 Å². The van der Waals surface area contributed by atoms with Crippen molar-refractivity contribution >= 4 is 11.6 Å². The van der Waals surface area contributed by atoms with E-state index in [0.29, 0.717) is 0 Å². The highest BCUT2D eigenvalue weighted by Gasteiger charge is 2.14. The minimum Gasteiger partial charge on any atom is -0.368 e. The number of nitrogens with two attached hydrogens (primary N) is 1. The van der Waals surface area contributed by atoms with Gasteiger partial charge in [0.05, 0.1) is 0 Å². The van der Waals surface area contributed by atoms with Gasteiger partial charge in [-0.3, -0.25) is 9.78 Å². The molecule has 1 aromatic rings.